The molecule has 0 aliphatic carbocycles. The molecule has 0 saturated carbocycles. The Morgan fingerprint density at radius 1 is 1.42 bits per heavy atom. The van der Waals surface area contributed by atoms with E-state index in [9.17, 15) is 14.9 Å². The van der Waals surface area contributed by atoms with Crippen LogP contribution in [0.4, 0.5) is 0 Å². The zero-order chi connectivity index (χ0) is 19.1. The molecular formula is C17H18N4O4S. The molecule has 1 amide bonds. The first-order chi connectivity index (χ1) is 12.5. The van der Waals surface area contributed by atoms with Gasteiger partial charge in [-0.25, -0.2) is 4.98 Å². The number of nitrogens with zero attached hydrogens (tertiary/aromatic N) is 2. The third-order valence-electron chi connectivity index (χ3n) is 3.37. The lowest BCUT2D eigenvalue weighted by Gasteiger charge is -2.13. The average molecular weight is 374 g/mol. The standard InChI is InChI=1S/C17H18N4O4S/c1-10(22)19-6-7-25-13-5-4-11(8-14(13)24-2)15-12(9-18)16(23)21-17(20-15)26-3/h4-5,8H,6-7H2,1-3H3,(H,19,22)(H,20,21,23). The molecule has 0 radical (unpaired) electrons. The van der Waals surface area contributed by atoms with E-state index < -0.39 is 5.56 Å². The number of aromatic nitrogens is 2. The highest BCUT2D eigenvalue weighted by atomic mass is 32.2. The van der Waals surface area contributed by atoms with Crippen LogP contribution in [-0.4, -0.2) is 42.4 Å². The number of hydrogen-bond acceptors (Lipinski definition) is 7. The summed E-state index contributed by atoms with van der Waals surface area (Å²) >= 11 is 1.27. The zero-order valence-corrected chi connectivity index (χ0v) is 15.4. The molecule has 136 valence electrons. The molecule has 2 rings (SSSR count). The average Bonchev–Trinajstić information content (AvgIpc) is 2.64. The Kier molecular flexibility index (Phi) is 6.63. The summed E-state index contributed by atoms with van der Waals surface area (Å²) in [6, 6.07) is 6.91. The zero-order valence-electron chi connectivity index (χ0n) is 14.6. The van der Waals surface area contributed by atoms with Gasteiger partial charge in [-0.2, -0.15) is 5.26 Å². The van der Waals surface area contributed by atoms with Crippen LogP contribution in [0.3, 0.4) is 0 Å². The molecule has 0 spiro atoms. The van der Waals surface area contributed by atoms with E-state index in [1.807, 2.05) is 6.07 Å². The van der Waals surface area contributed by atoms with Gasteiger partial charge in [0.1, 0.15) is 18.2 Å². The molecule has 8 nitrogen and oxygen atoms in total. The second-order valence-corrected chi connectivity index (χ2v) is 5.90. The summed E-state index contributed by atoms with van der Waals surface area (Å²) in [6.45, 7) is 2.07. The van der Waals surface area contributed by atoms with Crippen molar-refractivity contribution in [1.29, 1.82) is 5.26 Å². The largest absolute Gasteiger partial charge is 0.493 e. The number of benzene rings is 1. The second kappa shape index (κ2) is 8.92. The first-order valence-corrected chi connectivity index (χ1v) is 8.86. The minimum absolute atomic E-state index is 0.0656. The monoisotopic (exact) mass is 374 g/mol. The lowest BCUT2D eigenvalue weighted by Crippen LogP contribution is -2.25. The Labute approximate surface area is 154 Å². The third kappa shape index (κ3) is 4.55. The molecule has 0 atom stereocenters. The molecule has 0 fully saturated rings. The van der Waals surface area contributed by atoms with Crippen LogP contribution in [0.2, 0.25) is 0 Å². The predicted octanol–water partition coefficient (Wildman–Crippen LogP) is 1.55. The van der Waals surface area contributed by atoms with Gasteiger partial charge in [-0.3, -0.25) is 9.59 Å². The molecule has 0 saturated heterocycles. The number of rotatable bonds is 7. The molecule has 1 aromatic heterocycles. The lowest BCUT2D eigenvalue weighted by molar-refractivity contribution is -0.119. The molecule has 2 N–H and O–H groups in total. The van der Waals surface area contributed by atoms with Crippen LogP contribution in [0.1, 0.15) is 12.5 Å². The van der Waals surface area contributed by atoms with E-state index in [1.165, 1.54) is 25.8 Å². The van der Waals surface area contributed by atoms with E-state index in [-0.39, 0.29) is 23.8 Å². The number of amides is 1. The first kappa shape index (κ1) is 19.3. The van der Waals surface area contributed by atoms with Gasteiger partial charge < -0.3 is 19.8 Å². The number of ether oxygens (including phenoxy) is 2. The van der Waals surface area contributed by atoms with Gasteiger partial charge in [0.05, 0.1) is 19.3 Å². The first-order valence-electron chi connectivity index (χ1n) is 7.64. The minimum Gasteiger partial charge on any atom is -0.493 e. The van der Waals surface area contributed by atoms with Crippen molar-refractivity contribution in [3.8, 4) is 28.8 Å². The van der Waals surface area contributed by atoms with Crippen molar-refractivity contribution in [3.63, 3.8) is 0 Å². The number of hydrogen-bond donors (Lipinski definition) is 2. The number of carbonyl (C=O) groups is 1. The Balaban J connectivity index is 2.35. The van der Waals surface area contributed by atoms with Crippen LogP contribution in [0.5, 0.6) is 11.5 Å². The van der Waals surface area contributed by atoms with Gasteiger partial charge in [0.2, 0.25) is 5.91 Å². The fourth-order valence-electron chi connectivity index (χ4n) is 2.18. The highest BCUT2D eigenvalue weighted by Gasteiger charge is 2.15. The summed E-state index contributed by atoms with van der Waals surface area (Å²) in [5, 5.41) is 12.3. The Morgan fingerprint density at radius 3 is 2.81 bits per heavy atom. The van der Waals surface area contributed by atoms with E-state index in [4.69, 9.17) is 9.47 Å². The molecular weight excluding hydrogens is 356 g/mol. The van der Waals surface area contributed by atoms with E-state index in [1.54, 1.807) is 24.5 Å². The summed E-state index contributed by atoms with van der Waals surface area (Å²) in [4.78, 5) is 29.8. The molecule has 1 heterocycles. The molecule has 0 aliphatic heterocycles. The summed E-state index contributed by atoms with van der Waals surface area (Å²) in [5.41, 5.74) is 0.290. The quantitative estimate of drug-likeness (QED) is 0.429. The summed E-state index contributed by atoms with van der Waals surface area (Å²) < 4.78 is 10.9. The van der Waals surface area contributed by atoms with Gasteiger partial charge in [0.25, 0.3) is 5.56 Å². The second-order valence-electron chi connectivity index (χ2n) is 5.11. The Morgan fingerprint density at radius 2 is 2.19 bits per heavy atom. The van der Waals surface area contributed by atoms with E-state index in [2.05, 4.69) is 15.3 Å². The van der Waals surface area contributed by atoms with Crippen LogP contribution >= 0.6 is 11.8 Å². The van der Waals surface area contributed by atoms with E-state index >= 15 is 0 Å². The van der Waals surface area contributed by atoms with Gasteiger partial charge >= 0.3 is 0 Å². The molecule has 1 aromatic carbocycles. The van der Waals surface area contributed by atoms with Crippen LogP contribution in [-0.2, 0) is 4.79 Å². The fraction of sp³-hybridized carbons (Fsp3) is 0.294. The Bertz CT molecular complexity index is 905. The molecule has 0 aliphatic rings. The third-order valence-corrected chi connectivity index (χ3v) is 3.95. The number of methoxy groups -OCH3 is 1. The highest BCUT2D eigenvalue weighted by Crippen LogP contribution is 2.32. The molecule has 9 heteroatoms. The molecule has 0 unspecified atom stereocenters. The fourth-order valence-corrected chi connectivity index (χ4v) is 2.56. The molecule has 26 heavy (non-hydrogen) atoms. The number of H-pyrrole nitrogens is 1. The number of thioether (sulfide) groups is 1. The highest BCUT2D eigenvalue weighted by molar-refractivity contribution is 7.98. The lowest BCUT2D eigenvalue weighted by atomic mass is 10.1. The van der Waals surface area contributed by atoms with Gasteiger partial charge in [-0.05, 0) is 24.5 Å². The number of aromatic amines is 1. The maximum Gasteiger partial charge on any atom is 0.270 e. The topological polar surface area (TPSA) is 117 Å². The minimum atomic E-state index is -0.489. The van der Waals surface area contributed by atoms with E-state index in [0.29, 0.717) is 28.8 Å². The number of nitrogens with one attached hydrogen (secondary N) is 2. The van der Waals surface area contributed by atoms with Crippen LogP contribution in [0.25, 0.3) is 11.3 Å². The van der Waals surface area contributed by atoms with Crippen LogP contribution < -0.4 is 20.3 Å². The van der Waals surface area contributed by atoms with Crippen LogP contribution in [0.15, 0.2) is 28.2 Å². The maximum absolute atomic E-state index is 12.1. The van der Waals surface area contributed by atoms with E-state index in [0.717, 1.165) is 0 Å². The van der Waals surface area contributed by atoms with Crippen molar-refractivity contribution in [3.05, 3.63) is 34.1 Å². The summed E-state index contributed by atoms with van der Waals surface area (Å²) in [6.07, 6.45) is 1.78. The van der Waals surface area contributed by atoms with Gasteiger partial charge in [0, 0.05) is 12.5 Å². The van der Waals surface area contributed by atoms with Crippen molar-refractivity contribution in [2.45, 2.75) is 12.1 Å². The maximum atomic E-state index is 12.1. The molecule has 0 bridgehead atoms. The van der Waals surface area contributed by atoms with Gasteiger partial charge in [0.15, 0.2) is 16.7 Å². The number of nitriles is 1. The summed E-state index contributed by atoms with van der Waals surface area (Å²) in [7, 11) is 1.49. The summed E-state index contributed by atoms with van der Waals surface area (Å²) in [5.74, 6) is 0.780. The predicted molar refractivity (Wildman–Crippen MR) is 97.5 cm³/mol. The van der Waals surface area contributed by atoms with Gasteiger partial charge in [-0.1, -0.05) is 11.8 Å². The van der Waals surface area contributed by atoms with Gasteiger partial charge in [-0.15, -0.1) is 0 Å². The van der Waals surface area contributed by atoms with Crippen molar-refractivity contribution < 1.29 is 14.3 Å². The smallest absolute Gasteiger partial charge is 0.270 e. The van der Waals surface area contributed by atoms with Crippen molar-refractivity contribution in [2.24, 2.45) is 0 Å². The van der Waals surface area contributed by atoms with Crippen LogP contribution in [0, 0.1) is 11.3 Å². The van der Waals surface area contributed by atoms with Crippen molar-refractivity contribution >= 4 is 17.7 Å². The normalized spacial score (nSPS) is 10.1. The number of carbonyl (C=O) groups excluding carboxylic acids is 1. The SMILES string of the molecule is COc1cc(-c2nc(SC)[nH]c(=O)c2C#N)ccc1OCCNC(C)=O. The van der Waals surface area contributed by atoms with Crippen molar-refractivity contribution in [1.82, 2.24) is 15.3 Å². The Hall–Kier alpha value is -2.99. The van der Waals surface area contributed by atoms with Crippen molar-refractivity contribution in [2.75, 3.05) is 26.5 Å². The molecule has 2 aromatic rings.